The van der Waals surface area contributed by atoms with Gasteiger partial charge in [-0.25, -0.2) is 4.79 Å². The van der Waals surface area contributed by atoms with Gasteiger partial charge in [0.2, 0.25) is 0 Å². The first-order valence-corrected chi connectivity index (χ1v) is 7.22. The van der Waals surface area contributed by atoms with Crippen molar-refractivity contribution in [2.45, 2.75) is 19.3 Å². The molecule has 3 rings (SSSR count). The number of ether oxygens (including phenoxy) is 1. The molecule has 1 unspecified atom stereocenters. The van der Waals surface area contributed by atoms with Gasteiger partial charge in [-0.2, -0.15) is 0 Å². The van der Waals surface area contributed by atoms with E-state index in [1.807, 2.05) is 49.4 Å². The molecule has 0 aliphatic heterocycles. The van der Waals surface area contributed by atoms with Gasteiger partial charge >= 0.3 is 5.97 Å². The lowest BCUT2D eigenvalue weighted by Crippen LogP contribution is -2.29. The van der Waals surface area contributed by atoms with Gasteiger partial charge < -0.3 is 4.74 Å². The fraction of sp³-hybridized carbons (Fsp3) is 0.211. The Hall–Kier alpha value is -2.35. The number of rotatable bonds is 3. The first kappa shape index (κ1) is 13.6. The molecule has 2 heteroatoms. The molecule has 0 spiro atoms. The van der Waals surface area contributed by atoms with E-state index in [1.165, 1.54) is 0 Å². The number of hydrogen-bond acceptors (Lipinski definition) is 2. The van der Waals surface area contributed by atoms with Crippen LogP contribution >= 0.6 is 0 Å². The minimum Gasteiger partial charge on any atom is -0.463 e. The Bertz CT molecular complexity index is 701. The summed E-state index contributed by atoms with van der Waals surface area (Å²) in [6.07, 6.45) is 1.96. The second-order valence-corrected chi connectivity index (χ2v) is 5.36. The molecule has 106 valence electrons. The van der Waals surface area contributed by atoms with Crippen molar-refractivity contribution in [3.8, 4) is 0 Å². The third-order valence-electron chi connectivity index (χ3n) is 4.18. The van der Waals surface area contributed by atoms with Crippen LogP contribution in [-0.2, 0) is 14.9 Å². The Kier molecular flexibility index (Phi) is 3.38. The summed E-state index contributed by atoms with van der Waals surface area (Å²) in [5, 5.41) is 0. The molecular weight excluding hydrogens is 260 g/mol. The van der Waals surface area contributed by atoms with E-state index in [0.717, 1.165) is 16.7 Å². The highest BCUT2D eigenvalue weighted by Crippen LogP contribution is 2.46. The molecule has 2 nitrogen and oxygen atoms in total. The van der Waals surface area contributed by atoms with Crippen molar-refractivity contribution in [1.29, 1.82) is 0 Å². The Morgan fingerprint density at radius 2 is 1.71 bits per heavy atom. The van der Waals surface area contributed by atoms with E-state index < -0.39 is 5.41 Å². The molecule has 0 aromatic heterocycles. The number of benzene rings is 2. The van der Waals surface area contributed by atoms with Gasteiger partial charge in [0, 0.05) is 0 Å². The third kappa shape index (κ3) is 2.07. The average molecular weight is 278 g/mol. The van der Waals surface area contributed by atoms with Gasteiger partial charge in [0.1, 0.15) is 0 Å². The molecule has 0 fully saturated rings. The molecule has 0 saturated heterocycles. The van der Waals surface area contributed by atoms with E-state index in [2.05, 4.69) is 25.1 Å². The highest BCUT2D eigenvalue weighted by molar-refractivity contribution is 6.01. The van der Waals surface area contributed by atoms with Crippen LogP contribution in [0.2, 0.25) is 0 Å². The summed E-state index contributed by atoms with van der Waals surface area (Å²) < 4.78 is 5.27. The quantitative estimate of drug-likeness (QED) is 0.795. The van der Waals surface area contributed by atoms with Gasteiger partial charge in [0.05, 0.1) is 17.6 Å². The molecule has 0 saturated carbocycles. The second-order valence-electron chi connectivity index (χ2n) is 5.36. The van der Waals surface area contributed by atoms with E-state index >= 15 is 0 Å². The van der Waals surface area contributed by atoms with Crippen LogP contribution in [0.3, 0.4) is 0 Å². The van der Waals surface area contributed by atoms with Crippen molar-refractivity contribution in [2.24, 2.45) is 0 Å². The van der Waals surface area contributed by atoms with Crippen molar-refractivity contribution in [3.05, 3.63) is 76.9 Å². The SMILES string of the molecule is CCOC(=O)C1=Cc2ccccc2C1(C)c1ccccc1. The van der Waals surface area contributed by atoms with E-state index in [0.29, 0.717) is 12.2 Å². The van der Waals surface area contributed by atoms with Gasteiger partial charge in [-0.1, -0.05) is 54.6 Å². The van der Waals surface area contributed by atoms with Crippen LogP contribution in [0.15, 0.2) is 60.2 Å². The lowest BCUT2D eigenvalue weighted by molar-refractivity contribution is -0.138. The van der Waals surface area contributed by atoms with Crippen LogP contribution in [0.4, 0.5) is 0 Å². The minimum absolute atomic E-state index is 0.236. The molecule has 0 N–H and O–H groups in total. The molecule has 21 heavy (non-hydrogen) atoms. The summed E-state index contributed by atoms with van der Waals surface area (Å²) >= 11 is 0. The second kappa shape index (κ2) is 5.21. The van der Waals surface area contributed by atoms with Crippen LogP contribution in [0.1, 0.15) is 30.5 Å². The average Bonchev–Trinajstić information content (AvgIpc) is 2.83. The van der Waals surface area contributed by atoms with Crippen LogP contribution in [0.25, 0.3) is 6.08 Å². The molecule has 1 aliphatic rings. The Balaban J connectivity index is 2.19. The zero-order valence-electron chi connectivity index (χ0n) is 12.3. The summed E-state index contributed by atoms with van der Waals surface area (Å²) in [5.41, 5.74) is 3.60. The summed E-state index contributed by atoms with van der Waals surface area (Å²) in [6, 6.07) is 18.3. The highest BCUT2D eigenvalue weighted by Gasteiger charge is 2.42. The van der Waals surface area contributed by atoms with Crippen LogP contribution in [-0.4, -0.2) is 12.6 Å². The first-order valence-electron chi connectivity index (χ1n) is 7.22. The van der Waals surface area contributed by atoms with Gasteiger partial charge in [0.15, 0.2) is 0 Å². The molecule has 2 aromatic rings. The Morgan fingerprint density at radius 1 is 1.05 bits per heavy atom. The highest BCUT2D eigenvalue weighted by atomic mass is 16.5. The van der Waals surface area contributed by atoms with Gasteiger partial charge in [0.25, 0.3) is 0 Å². The Labute approximate surface area is 125 Å². The number of fused-ring (bicyclic) bond motifs is 1. The molecule has 0 heterocycles. The first-order chi connectivity index (χ1) is 10.2. The van der Waals surface area contributed by atoms with Crippen LogP contribution in [0, 0.1) is 0 Å². The molecule has 1 aliphatic carbocycles. The number of carbonyl (C=O) groups excluding carboxylic acids is 1. The van der Waals surface area contributed by atoms with Gasteiger partial charge in [-0.15, -0.1) is 0 Å². The molecule has 0 amide bonds. The summed E-state index contributed by atoms with van der Waals surface area (Å²) in [5.74, 6) is -0.236. The zero-order chi connectivity index (χ0) is 14.9. The molecule has 1 atom stereocenters. The van der Waals surface area contributed by atoms with Crippen LogP contribution < -0.4 is 0 Å². The maximum Gasteiger partial charge on any atom is 0.335 e. The van der Waals surface area contributed by atoms with E-state index in [9.17, 15) is 4.79 Å². The normalized spacial score (nSPS) is 19.8. The Morgan fingerprint density at radius 3 is 2.43 bits per heavy atom. The number of hydrogen-bond donors (Lipinski definition) is 0. The fourth-order valence-electron chi connectivity index (χ4n) is 3.08. The van der Waals surface area contributed by atoms with E-state index in [4.69, 9.17) is 4.74 Å². The fourth-order valence-corrected chi connectivity index (χ4v) is 3.08. The topological polar surface area (TPSA) is 26.3 Å². The lowest BCUT2D eigenvalue weighted by Gasteiger charge is -2.29. The summed E-state index contributed by atoms with van der Waals surface area (Å²) in [7, 11) is 0. The van der Waals surface area contributed by atoms with Crippen molar-refractivity contribution in [2.75, 3.05) is 6.61 Å². The van der Waals surface area contributed by atoms with Crippen molar-refractivity contribution in [1.82, 2.24) is 0 Å². The monoisotopic (exact) mass is 278 g/mol. The molecular formula is C19H18O2. The summed E-state index contributed by atoms with van der Waals surface area (Å²) in [6.45, 7) is 4.31. The molecule has 0 radical (unpaired) electrons. The smallest absolute Gasteiger partial charge is 0.335 e. The maximum atomic E-state index is 12.4. The number of esters is 1. The predicted octanol–water partition coefficient (Wildman–Crippen LogP) is 3.95. The van der Waals surface area contributed by atoms with E-state index in [-0.39, 0.29) is 5.97 Å². The standard InChI is InChI=1S/C19H18O2/c1-3-21-18(20)17-13-14-9-7-8-12-16(14)19(17,2)15-10-5-4-6-11-15/h4-13H,3H2,1-2H3. The maximum absolute atomic E-state index is 12.4. The lowest BCUT2D eigenvalue weighted by atomic mass is 9.73. The van der Waals surface area contributed by atoms with E-state index in [1.54, 1.807) is 0 Å². The third-order valence-corrected chi connectivity index (χ3v) is 4.18. The van der Waals surface area contributed by atoms with Crippen LogP contribution in [0.5, 0.6) is 0 Å². The van der Waals surface area contributed by atoms with Crippen molar-refractivity contribution >= 4 is 12.0 Å². The van der Waals surface area contributed by atoms with Gasteiger partial charge in [-0.3, -0.25) is 0 Å². The number of carbonyl (C=O) groups is 1. The zero-order valence-corrected chi connectivity index (χ0v) is 12.3. The molecule has 2 aromatic carbocycles. The minimum atomic E-state index is -0.454. The summed E-state index contributed by atoms with van der Waals surface area (Å²) in [4.78, 5) is 12.4. The largest absolute Gasteiger partial charge is 0.463 e. The predicted molar refractivity (Wildman–Crippen MR) is 83.9 cm³/mol. The van der Waals surface area contributed by atoms with Gasteiger partial charge in [-0.05, 0) is 36.6 Å². The van der Waals surface area contributed by atoms with Crippen molar-refractivity contribution < 1.29 is 9.53 Å². The molecule has 0 bridgehead atoms. The van der Waals surface area contributed by atoms with Crippen molar-refractivity contribution in [3.63, 3.8) is 0 Å².